The van der Waals surface area contributed by atoms with E-state index in [9.17, 15) is 14.9 Å². The van der Waals surface area contributed by atoms with Crippen LogP contribution in [0.2, 0.25) is 0 Å². The van der Waals surface area contributed by atoms with E-state index in [1.807, 2.05) is 42.5 Å². The van der Waals surface area contributed by atoms with Crippen LogP contribution in [0.5, 0.6) is 5.75 Å². The number of ether oxygens (including phenoxy) is 1. The molecule has 31 heavy (non-hydrogen) atoms. The predicted octanol–water partition coefficient (Wildman–Crippen LogP) is 5.39. The molecule has 3 aromatic carbocycles. The lowest BCUT2D eigenvalue weighted by Gasteiger charge is -2.12. The van der Waals surface area contributed by atoms with Crippen molar-refractivity contribution in [2.45, 2.75) is 13.0 Å². The minimum absolute atomic E-state index is 0.0227. The Kier molecular flexibility index (Phi) is 7.91. The lowest BCUT2D eigenvalue weighted by Crippen LogP contribution is -2.19. The van der Waals surface area contributed by atoms with Crippen LogP contribution in [-0.2, 0) is 17.8 Å². The van der Waals surface area contributed by atoms with Gasteiger partial charge >= 0.3 is 0 Å². The van der Waals surface area contributed by atoms with Crippen LogP contribution in [0.15, 0.2) is 80.8 Å². The number of carbonyl (C=O) groups is 1. The van der Waals surface area contributed by atoms with Gasteiger partial charge in [0.25, 0.3) is 5.69 Å². The minimum Gasteiger partial charge on any atom is -0.487 e. The maximum absolute atomic E-state index is 12.1. The Balaban J connectivity index is 1.65. The van der Waals surface area contributed by atoms with Gasteiger partial charge in [-0.2, -0.15) is 5.10 Å². The fourth-order valence-corrected chi connectivity index (χ4v) is 4.07. The number of nitro benzene ring substituents is 1. The van der Waals surface area contributed by atoms with E-state index in [1.165, 1.54) is 18.3 Å². The molecule has 3 aromatic rings. The van der Waals surface area contributed by atoms with Crippen molar-refractivity contribution in [3.63, 3.8) is 0 Å². The summed E-state index contributed by atoms with van der Waals surface area (Å²) < 4.78 is 7.54. The number of nitrogens with one attached hydrogen (secondary N) is 1. The van der Waals surface area contributed by atoms with Crippen LogP contribution in [0.4, 0.5) is 5.69 Å². The molecule has 0 aromatic heterocycles. The van der Waals surface area contributed by atoms with Crippen molar-refractivity contribution in [1.29, 1.82) is 0 Å². The molecule has 9 heteroatoms. The highest BCUT2D eigenvalue weighted by molar-refractivity contribution is 9.11. The number of hydrogen-bond donors (Lipinski definition) is 1. The molecule has 0 saturated carbocycles. The SMILES string of the molecule is O=C(Cc1ccc([N+](=O)[O-])cc1)N/N=C\c1cc(Br)cc(Br)c1OCc1ccccc1. The Labute approximate surface area is 195 Å². The summed E-state index contributed by atoms with van der Waals surface area (Å²) in [7, 11) is 0. The standard InChI is InChI=1S/C22H17Br2N3O4/c23-18-11-17(22(20(24)12-18)31-14-16-4-2-1-3-5-16)13-25-26-21(28)10-15-6-8-19(9-7-15)27(29)30/h1-9,11-13H,10,14H2,(H,26,28)/b25-13-. The van der Waals surface area contributed by atoms with Crippen molar-refractivity contribution in [2.24, 2.45) is 5.10 Å². The third-order valence-electron chi connectivity index (χ3n) is 4.17. The average Bonchev–Trinajstić information content (AvgIpc) is 2.74. The van der Waals surface area contributed by atoms with Gasteiger partial charge in [0.15, 0.2) is 0 Å². The first-order valence-corrected chi connectivity index (χ1v) is 10.7. The van der Waals surface area contributed by atoms with Crippen molar-refractivity contribution in [3.8, 4) is 5.75 Å². The molecule has 0 aliphatic rings. The molecule has 0 aliphatic carbocycles. The van der Waals surface area contributed by atoms with Gasteiger partial charge < -0.3 is 4.74 Å². The monoisotopic (exact) mass is 545 g/mol. The maximum Gasteiger partial charge on any atom is 0.269 e. The average molecular weight is 547 g/mol. The summed E-state index contributed by atoms with van der Waals surface area (Å²) in [6.45, 7) is 0.383. The molecule has 0 aliphatic heterocycles. The summed E-state index contributed by atoms with van der Waals surface area (Å²) in [4.78, 5) is 22.4. The second kappa shape index (κ2) is 10.8. The number of hydrazone groups is 1. The van der Waals surface area contributed by atoms with Gasteiger partial charge in [-0.25, -0.2) is 5.43 Å². The molecule has 0 spiro atoms. The summed E-state index contributed by atoms with van der Waals surface area (Å²) in [5.74, 6) is 0.256. The largest absolute Gasteiger partial charge is 0.487 e. The molecular weight excluding hydrogens is 530 g/mol. The maximum atomic E-state index is 12.1. The normalized spacial score (nSPS) is 10.8. The van der Waals surface area contributed by atoms with Gasteiger partial charge in [0, 0.05) is 22.2 Å². The molecule has 0 bridgehead atoms. The number of nitrogens with zero attached hydrogens (tertiary/aromatic N) is 2. The van der Waals surface area contributed by atoms with E-state index in [2.05, 4.69) is 42.4 Å². The Hall–Kier alpha value is -3.04. The van der Waals surface area contributed by atoms with E-state index in [1.54, 1.807) is 12.1 Å². The van der Waals surface area contributed by atoms with Gasteiger partial charge in [-0.15, -0.1) is 0 Å². The topological polar surface area (TPSA) is 93.8 Å². The molecular formula is C22H17Br2N3O4. The van der Waals surface area contributed by atoms with Crippen LogP contribution in [0, 0.1) is 10.1 Å². The fourth-order valence-electron chi connectivity index (χ4n) is 2.69. The smallest absolute Gasteiger partial charge is 0.269 e. The number of nitro groups is 1. The summed E-state index contributed by atoms with van der Waals surface area (Å²) in [6.07, 6.45) is 1.55. The van der Waals surface area contributed by atoms with E-state index in [0.717, 1.165) is 14.5 Å². The number of carbonyl (C=O) groups excluding carboxylic acids is 1. The van der Waals surface area contributed by atoms with E-state index < -0.39 is 4.92 Å². The number of non-ortho nitro benzene ring substituents is 1. The van der Waals surface area contributed by atoms with Crippen LogP contribution in [0.1, 0.15) is 16.7 Å². The van der Waals surface area contributed by atoms with Gasteiger partial charge in [-0.3, -0.25) is 14.9 Å². The van der Waals surface area contributed by atoms with Crippen molar-refractivity contribution in [2.75, 3.05) is 0 Å². The van der Waals surface area contributed by atoms with Crippen molar-refractivity contribution in [1.82, 2.24) is 5.43 Å². The first-order valence-electron chi connectivity index (χ1n) is 9.13. The molecule has 3 rings (SSSR count). The Morgan fingerprint density at radius 2 is 1.77 bits per heavy atom. The molecule has 1 N–H and O–H groups in total. The first kappa shape index (κ1) is 22.6. The first-order chi connectivity index (χ1) is 14.9. The fraction of sp³-hybridized carbons (Fsp3) is 0.0909. The van der Waals surface area contributed by atoms with Gasteiger partial charge in [0.05, 0.1) is 22.0 Å². The lowest BCUT2D eigenvalue weighted by atomic mass is 10.1. The van der Waals surface area contributed by atoms with Crippen molar-refractivity contribution < 1.29 is 14.5 Å². The zero-order valence-electron chi connectivity index (χ0n) is 16.1. The molecule has 158 valence electrons. The van der Waals surface area contributed by atoms with Gasteiger partial charge in [-0.1, -0.05) is 58.4 Å². The quantitative estimate of drug-likeness (QED) is 0.233. The highest BCUT2D eigenvalue weighted by atomic mass is 79.9. The number of hydrogen-bond acceptors (Lipinski definition) is 5. The van der Waals surface area contributed by atoms with E-state index in [4.69, 9.17) is 4.74 Å². The van der Waals surface area contributed by atoms with Crippen LogP contribution >= 0.6 is 31.9 Å². The Bertz CT molecular complexity index is 1100. The minimum atomic E-state index is -0.484. The molecule has 0 unspecified atom stereocenters. The summed E-state index contributed by atoms with van der Waals surface area (Å²) in [5, 5.41) is 14.7. The Morgan fingerprint density at radius 1 is 1.06 bits per heavy atom. The third kappa shape index (κ3) is 6.73. The summed E-state index contributed by atoms with van der Waals surface area (Å²) in [6, 6.07) is 19.3. The second-order valence-electron chi connectivity index (χ2n) is 6.47. The van der Waals surface area contributed by atoms with Crippen molar-refractivity contribution >= 4 is 49.7 Å². The number of halogens is 2. The van der Waals surface area contributed by atoms with Crippen LogP contribution < -0.4 is 10.2 Å². The number of amides is 1. The van der Waals surface area contributed by atoms with Gasteiger partial charge in [0.1, 0.15) is 12.4 Å². The summed E-state index contributed by atoms with van der Waals surface area (Å²) >= 11 is 6.94. The van der Waals surface area contributed by atoms with Crippen LogP contribution in [0.3, 0.4) is 0 Å². The second-order valence-corrected chi connectivity index (χ2v) is 8.24. The van der Waals surface area contributed by atoms with E-state index in [-0.39, 0.29) is 18.0 Å². The molecule has 0 heterocycles. The lowest BCUT2D eigenvalue weighted by molar-refractivity contribution is -0.384. The molecule has 0 atom stereocenters. The highest BCUT2D eigenvalue weighted by Crippen LogP contribution is 2.32. The van der Waals surface area contributed by atoms with Gasteiger partial charge in [-0.05, 0) is 39.2 Å². The van der Waals surface area contributed by atoms with E-state index in [0.29, 0.717) is 23.5 Å². The van der Waals surface area contributed by atoms with Crippen molar-refractivity contribution in [3.05, 3.63) is 102 Å². The number of rotatable bonds is 8. The Morgan fingerprint density at radius 3 is 2.45 bits per heavy atom. The highest BCUT2D eigenvalue weighted by Gasteiger charge is 2.10. The molecule has 0 saturated heterocycles. The van der Waals surface area contributed by atoms with Gasteiger partial charge in [0.2, 0.25) is 5.91 Å². The number of benzene rings is 3. The molecule has 7 nitrogen and oxygen atoms in total. The zero-order valence-corrected chi connectivity index (χ0v) is 19.3. The molecule has 0 radical (unpaired) electrons. The third-order valence-corrected chi connectivity index (χ3v) is 5.21. The van der Waals surface area contributed by atoms with Crippen LogP contribution in [-0.4, -0.2) is 17.0 Å². The molecule has 0 fully saturated rings. The van der Waals surface area contributed by atoms with E-state index >= 15 is 0 Å². The molecule has 1 amide bonds. The zero-order chi connectivity index (χ0) is 22.2. The summed E-state index contributed by atoms with van der Waals surface area (Å²) in [5.41, 5.74) is 4.79. The predicted molar refractivity (Wildman–Crippen MR) is 125 cm³/mol. The van der Waals surface area contributed by atoms with Crippen LogP contribution in [0.25, 0.3) is 0 Å².